The Morgan fingerprint density at radius 3 is 2.26 bits per heavy atom. The maximum Gasteiger partial charge on any atom is 0.237 e. The summed E-state index contributed by atoms with van der Waals surface area (Å²) in [5, 5.41) is 3.12. The van der Waals surface area contributed by atoms with Crippen LogP contribution in [0, 0.1) is 6.92 Å². The molecule has 1 amide bonds. The van der Waals surface area contributed by atoms with E-state index in [0.717, 1.165) is 17.8 Å². The zero-order valence-electron chi connectivity index (χ0n) is 19.3. The highest BCUT2D eigenvalue weighted by molar-refractivity contribution is 8.00. The zero-order chi connectivity index (χ0) is 24.5. The van der Waals surface area contributed by atoms with Gasteiger partial charge in [-0.05, 0) is 37.6 Å². The molecule has 0 aliphatic heterocycles. The minimum absolute atomic E-state index is 0.184. The van der Waals surface area contributed by atoms with E-state index < -0.39 is 5.25 Å². The summed E-state index contributed by atoms with van der Waals surface area (Å²) in [6.07, 6.45) is 0.718. The van der Waals surface area contributed by atoms with Crippen LogP contribution in [0.4, 0.5) is 5.69 Å². The molecule has 0 radical (unpaired) electrons. The number of hydrogen-bond acceptors (Lipinski definition) is 5. The van der Waals surface area contributed by atoms with Crippen molar-refractivity contribution in [2.75, 3.05) is 5.32 Å². The number of nitrogens with one attached hydrogen (secondary N) is 2. The van der Waals surface area contributed by atoms with Crippen LogP contribution in [0.15, 0.2) is 78.0 Å². The molecule has 4 aromatic rings. The van der Waals surface area contributed by atoms with Crippen LogP contribution in [0.1, 0.15) is 55.7 Å². The van der Waals surface area contributed by atoms with Crippen molar-refractivity contribution < 1.29 is 14.4 Å². The van der Waals surface area contributed by atoms with E-state index in [1.54, 1.807) is 49.4 Å². The van der Waals surface area contributed by atoms with Crippen molar-refractivity contribution in [3.63, 3.8) is 0 Å². The van der Waals surface area contributed by atoms with E-state index in [9.17, 15) is 14.4 Å². The molecule has 1 heterocycles. The average Bonchev–Trinajstić information content (AvgIpc) is 3.21. The Morgan fingerprint density at radius 2 is 1.54 bits per heavy atom. The van der Waals surface area contributed by atoms with Crippen LogP contribution in [0.3, 0.4) is 0 Å². The summed E-state index contributed by atoms with van der Waals surface area (Å²) in [6.45, 7) is 3.78. The molecule has 1 aliphatic carbocycles. The first-order valence-corrected chi connectivity index (χ1v) is 12.2. The third-order valence-corrected chi connectivity index (χ3v) is 7.01. The van der Waals surface area contributed by atoms with Crippen molar-refractivity contribution >= 4 is 34.9 Å². The van der Waals surface area contributed by atoms with Gasteiger partial charge in [-0.2, -0.15) is 0 Å². The summed E-state index contributed by atoms with van der Waals surface area (Å²) in [5.41, 5.74) is 5.02. The Balaban J connectivity index is 1.28. The lowest BCUT2D eigenvalue weighted by molar-refractivity contribution is -0.115. The molecule has 6 nitrogen and oxygen atoms in total. The number of ketones is 2. The van der Waals surface area contributed by atoms with Crippen molar-refractivity contribution in [3.8, 4) is 0 Å². The van der Waals surface area contributed by atoms with E-state index in [2.05, 4.69) is 27.4 Å². The van der Waals surface area contributed by atoms with Crippen LogP contribution in [0.25, 0.3) is 0 Å². The molecule has 0 saturated heterocycles. The van der Waals surface area contributed by atoms with E-state index in [-0.39, 0.29) is 17.5 Å². The fraction of sp³-hybridized carbons (Fsp3) is 0.143. The molecular formula is C28H23N3O3S. The first-order valence-electron chi connectivity index (χ1n) is 11.3. The van der Waals surface area contributed by atoms with E-state index >= 15 is 0 Å². The average molecular weight is 482 g/mol. The SMILES string of the molecule is Cc1[nH]c(SC(C)C(=O)Nc2ccc3c(c2)C(=O)c2ccccc2C3=O)nc1Cc1ccccc1. The van der Waals surface area contributed by atoms with Crippen LogP contribution in [0.5, 0.6) is 0 Å². The highest BCUT2D eigenvalue weighted by Gasteiger charge is 2.29. The van der Waals surface area contributed by atoms with Gasteiger partial charge in [0.05, 0.1) is 10.9 Å². The van der Waals surface area contributed by atoms with Crippen molar-refractivity contribution in [2.24, 2.45) is 0 Å². The number of anilines is 1. The van der Waals surface area contributed by atoms with E-state index in [1.165, 1.54) is 17.3 Å². The second-order valence-electron chi connectivity index (χ2n) is 8.49. The smallest absolute Gasteiger partial charge is 0.237 e. The van der Waals surface area contributed by atoms with Gasteiger partial charge in [0.2, 0.25) is 5.91 Å². The lowest BCUT2D eigenvalue weighted by Crippen LogP contribution is -2.24. The van der Waals surface area contributed by atoms with Gasteiger partial charge in [-0.15, -0.1) is 0 Å². The number of rotatable bonds is 6. The Hall–Kier alpha value is -3.97. The summed E-state index contributed by atoms with van der Waals surface area (Å²) in [6, 6.07) is 21.7. The predicted octanol–water partition coefficient (Wildman–Crippen LogP) is 5.20. The largest absolute Gasteiger partial charge is 0.337 e. The highest BCUT2D eigenvalue weighted by atomic mass is 32.2. The number of thioether (sulfide) groups is 1. The first-order chi connectivity index (χ1) is 16.9. The predicted molar refractivity (Wildman–Crippen MR) is 136 cm³/mol. The molecular weight excluding hydrogens is 458 g/mol. The van der Waals surface area contributed by atoms with Crippen molar-refractivity contribution in [3.05, 3.63) is 112 Å². The normalized spacial score (nSPS) is 13.2. The number of aryl methyl sites for hydroxylation is 1. The summed E-state index contributed by atoms with van der Waals surface area (Å²) in [7, 11) is 0. The van der Waals surface area contributed by atoms with Gasteiger partial charge in [-0.1, -0.05) is 66.4 Å². The van der Waals surface area contributed by atoms with E-state index in [4.69, 9.17) is 0 Å². The third kappa shape index (κ3) is 4.55. The Morgan fingerprint density at radius 1 is 0.914 bits per heavy atom. The van der Waals surface area contributed by atoms with Gasteiger partial charge in [-0.3, -0.25) is 14.4 Å². The number of imidazole rings is 1. The number of aromatic nitrogens is 2. The number of H-pyrrole nitrogens is 1. The van der Waals surface area contributed by atoms with Crippen LogP contribution >= 0.6 is 11.8 Å². The quantitative estimate of drug-likeness (QED) is 0.325. The monoisotopic (exact) mass is 481 g/mol. The molecule has 0 saturated carbocycles. The summed E-state index contributed by atoms with van der Waals surface area (Å²) >= 11 is 1.34. The maximum atomic E-state index is 13.0. The van der Waals surface area contributed by atoms with Crippen LogP contribution in [0.2, 0.25) is 0 Å². The minimum atomic E-state index is -0.431. The molecule has 0 fully saturated rings. The number of carbonyl (C=O) groups is 3. The first kappa shape index (κ1) is 22.8. The second kappa shape index (κ2) is 9.35. The lowest BCUT2D eigenvalue weighted by Gasteiger charge is -2.18. The van der Waals surface area contributed by atoms with Crippen molar-refractivity contribution in [2.45, 2.75) is 30.7 Å². The lowest BCUT2D eigenvalue weighted by atomic mass is 9.84. The fourth-order valence-electron chi connectivity index (χ4n) is 4.13. The maximum absolute atomic E-state index is 13.0. The summed E-state index contributed by atoms with van der Waals surface area (Å²) in [4.78, 5) is 46.6. The van der Waals surface area contributed by atoms with Gasteiger partial charge < -0.3 is 10.3 Å². The van der Waals surface area contributed by atoms with E-state index in [0.29, 0.717) is 33.1 Å². The topological polar surface area (TPSA) is 91.9 Å². The molecule has 1 aromatic heterocycles. The molecule has 3 aromatic carbocycles. The van der Waals surface area contributed by atoms with Gasteiger partial charge >= 0.3 is 0 Å². The highest BCUT2D eigenvalue weighted by Crippen LogP contribution is 2.30. The number of aromatic amines is 1. The molecule has 2 N–H and O–H groups in total. The number of hydrogen-bond donors (Lipinski definition) is 2. The fourth-order valence-corrected chi connectivity index (χ4v) is 5.00. The molecule has 1 aliphatic rings. The summed E-state index contributed by atoms with van der Waals surface area (Å²) in [5.74, 6) is -0.620. The third-order valence-electron chi connectivity index (χ3n) is 6.03. The zero-order valence-corrected chi connectivity index (χ0v) is 20.1. The number of nitrogens with zero attached hydrogens (tertiary/aromatic N) is 1. The number of fused-ring (bicyclic) bond motifs is 2. The Bertz CT molecular complexity index is 1460. The Kier molecular flexibility index (Phi) is 6.09. The second-order valence-corrected chi connectivity index (χ2v) is 9.82. The van der Waals surface area contributed by atoms with Crippen LogP contribution in [-0.4, -0.2) is 32.7 Å². The molecule has 1 unspecified atom stereocenters. The van der Waals surface area contributed by atoms with Gasteiger partial charge in [-0.25, -0.2) is 4.98 Å². The number of amides is 1. The molecule has 7 heteroatoms. The number of benzene rings is 3. The van der Waals surface area contributed by atoms with Gasteiger partial charge in [0.15, 0.2) is 16.7 Å². The number of carbonyl (C=O) groups excluding carboxylic acids is 3. The van der Waals surface area contributed by atoms with Crippen LogP contribution in [-0.2, 0) is 11.2 Å². The Labute approximate surface area is 207 Å². The van der Waals surface area contributed by atoms with E-state index in [1.807, 2.05) is 25.1 Å². The van der Waals surface area contributed by atoms with Gasteiger partial charge in [0.25, 0.3) is 0 Å². The van der Waals surface area contributed by atoms with Gasteiger partial charge in [0, 0.05) is 40.1 Å². The van der Waals surface area contributed by atoms with Crippen molar-refractivity contribution in [1.82, 2.24) is 9.97 Å². The molecule has 174 valence electrons. The standard InChI is InChI=1S/C28H23N3O3S/c1-16-24(14-18-8-4-3-5-9-18)31-28(29-16)35-17(2)27(34)30-19-12-13-22-23(15-19)26(33)21-11-7-6-10-20(21)25(22)32/h3-13,15,17H,14H2,1-2H3,(H,29,31)(H,30,34). The van der Waals surface area contributed by atoms with Crippen LogP contribution < -0.4 is 5.32 Å². The molecule has 5 rings (SSSR count). The van der Waals surface area contributed by atoms with Gasteiger partial charge in [0.1, 0.15) is 0 Å². The minimum Gasteiger partial charge on any atom is -0.337 e. The molecule has 35 heavy (non-hydrogen) atoms. The van der Waals surface area contributed by atoms with Crippen molar-refractivity contribution in [1.29, 1.82) is 0 Å². The molecule has 0 spiro atoms. The molecule has 0 bridgehead atoms. The summed E-state index contributed by atoms with van der Waals surface area (Å²) < 4.78 is 0. The molecule has 1 atom stereocenters.